The van der Waals surface area contributed by atoms with Crippen molar-refractivity contribution in [3.8, 4) is 5.75 Å². The number of primary amides is 2. The molecule has 1 fully saturated rings. The van der Waals surface area contributed by atoms with E-state index in [2.05, 4.69) is 44.5 Å². The van der Waals surface area contributed by atoms with Crippen molar-refractivity contribution < 1.29 is 63.3 Å². The molecule has 356 valence electrons. The lowest BCUT2D eigenvalue weighted by molar-refractivity contribution is -0.149. The van der Waals surface area contributed by atoms with E-state index < -0.39 is 132 Å². The van der Waals surface area contributed by atoms with Gasteiger partial charge in [-0.2, -0.15) is 12.6 Å². The summed E-state index contributed by atoms with van der Waals surface area (Å²) < 4.78 is 0. The lowest BCUT2D eigenvalue weighted by Crippen LogP contribution is -2.63. The molecule has 15 N–H and O–H groups in total. The molecule has 0 radical (unpaired) electrons. The van der Waals surface area contributed by atoms with E-state index in [1.54, 1.807) is 13.8 Å². The molecule has 2 rings (SSSR count). The zero-order valence-electron chi connectivity index (χ0n) is 36.4. The number of carbonyl (C=O) groups is 10. The van der Waals surface area contributed by atoms with Crippen LogP contribution in [0.15, 0.2) is 24.3 Å². The number of aliphatic hydroxyl groups excluding tert-OH is 1. The molecule has 1 aliphatic rings. The molecule has 0 aromatic heterocycles. The Balaban J connectivity index is 2.35. The van der Waals surface area contributed by atoms with Crippen molar-refractivity contribution in [2.75, 3.05) is 12.3 Å². The van der Waals surface area contributed by atoms with Gasteiger partial charge < -0.3 is 69.3 Å². The van der Waals surface area contributed by atoms with Crippen molar-refractivity contribution in [2.24, 2.45) is 29.0 Å². The summed E-state index contributed by atoms with van der Waals surface area (Å²) in [6.07, 6.45) is -2.74. The van der Waals surface area contributed by atoms with Gasteiger partial charge in [-0.05, 0) is 55.7 Å². The molecule has 0 aliphatic carbocycles. The molecular formula is C40H62N10O13S. The molecule has 1 heterocycles. The first-order valence-electron chi connectivity index (χ1n) is 20.6. The summed E-state index contributed by atoms with van der Waals surface area (Å²) in [6, 6.07) is -5.96. The van der Waals surface area contributed by atoms with Gasteiger partial charge in [-0.15, -0.1) is 0 Å². The van der Waals surface area contributed by atoms with Crippen LogP contribution in [0.3, 0.4) is 0 Å². The van der Waals surface area contributed by atoms with Gasteiger partial charge in [-0.25, -0.2) is 4.79 Å². The number of likely N-dealkylation sites (tertiary alicyclic amines) is 1. The number of phenolic OH excluding ortho intramolecular Hbond substituents is 1. The maximum Gasteiger partial charge on any atom is 0.326 e. The number of thiol groups is 1. The summed E-state index contributed by atoms with van der Waals surface area (Å²) in [5, 5.41) is 44.6. The lowest BCUT2D eigenvalue weighted by Gasteiger charge is -2.30. The van der Waals surface area contributed by atoms with E-state index in [-0.39, 0.29) is 43.2 Å². The average molecular weight is 923 g/mol. The molecule has 0 saturated carbocycles. The number of aliphatic carboxylic acids is 1. The highest BCUT2D eigenvalue weighted by Crippen LogP contribution is 2.21. The van der Waals surface area contributed by atoms with Crippen LogP contribution in [0.5, 0.6) is 5.75 Å². The lowest BCUT2D eigenvalue weighted by atomic mass is 9.99. The molecule has 24 heteroatoms. The van der Waals surface area contributed by atoms with Gasteiger partial charge >= 0.3 is 5.97 Å². The van der Waals surface area contributed by atoms with Gasteiger partial charge in [-0.1, -0.05) is 39.8 Å². The van der Waals surface area contributed by atoms with Crippen molar-refractivity contribution in [2.45, 2.75) is 128 Å². The fourth-order valence-electron chi connectivity index (χ4n) is 6.68. The number of rotatable bonds is 25. The highest BCUT2D eigenvalue weighted by molar-refractivity contribution is 7.80. The van der Waals surface area contributed by atoms with E-state index in [0.717, 1.165) is 11.8 Å². The summed E-state index contributed by atoms with van der Waals surface area (Å²) in [7, 11) is 0. The number of nitrogens with one attached hydrogen (secondary N) is 6. The monoisotopic (exact) mass is 922 g/mol. The van der Waals surface area contributed by atoms with Crippen molar-refractivity contribution >= 4 is 71.8 Å². The number of carboxylic acids is 1. The highest BCUT2D eigenvalue weighted by Gasteiger charge is 2.40. The molecule has 1 aromatic rings. The molecule has 1 aromatic carbocycles. The fraction of sp³-hybridized carbons (Fsp3) is 0.600. The normalized spacial score (nSPS) is 17.3. The number of hydrogen-bond donors (Lipinski definition) is 13. The van der Waals surface area contributed by atoms with E-state index in [1.807, 2.05) is 0 Å². The van der Waals surface area contributed by atoms with Crippen LogP contribution in [-0.2, 0) is 54.4 Å². The summed E-state index contributed by atoms with van der Waals surface area (Å²) in [5.74, 6) is -11.1. The Bertz CT molecular complexity index is 1870. The van der Waals surface area contributed by atoms with Crippen LogP contribution in [0, 0.1) is 11.8 Å². The minimum absolute atomic E-state index is 0.0783. The SMILES string of the molecule is CC(C)C[C@H](NC(=O)[C@@H](NC(=O)[C@@H](NC(=O)[C@H](CC(N)=O)NC(=O)[C@@H](N)CS)C(C)C)[C@@H](C)O)C(=O)N[C@@H](CC(N)=O)C(=O)N[C@@H](Cc1ccc(O)cc1)C(=O)N1CCC[C@H]1C(=O)O. The third kappa shape index (κ3) is 16.9. The van der Waals surface area contributed by atoms with Crippen LogP contribution in [0.2, 0.25) is 0 Å². The number of phenols is 1. The molecule has 0 spiro atoms. The van der Waals surface area contributed by atoms with Crippen LogP contribution in [0.4, 0.5) is 0 Å². The third-order valence-corrected chi connectivity index (χ3v) is 10.5. The Labute approximate surface area is 375 Å². The number of nitrogens with two attached hydrogens (primary N) is 3. The Morgan fingerprint density at radius 2 is 1.17 bits per heavy atom. The number of carboxylic acid groups (broad SMARTS) is 1. The first-order valence-corrected chi connectivity index (χ1v) is 21.2. The smallest absolute Gasteiger partial charge is 0.326 e. The summed E-state index contributed by atoms with van der Waals surface area (Å²) in [6.45, 7) is 7.72. The van der Waals surface area contributed by atoms with Crippen molar-refractivity contribution in [1.29, 1.82) is 0 Å². The third-order valence-electron chi connectivity index (χ3n) is 10.1. The number of amides is 9. The zero-order valence-corrected chi connectivity index (χ0v) is 37.3. The van der Waals surface area contributed by atoms with E-state index in [9.17, 15) is 63.3 Å². The van der Waals surface area contributed by atoms with Gasteiger partial charge in [0.15, 0.2) is 0 Å². The quantitative estimate of drug-likeness (QED) is 0.0416. The second kappa shape index (κ2) is 25.3. The van der Waals surface area contributed by atoms with Crippen LogP contribution in [0.1, 0.15) is 72.3 Å². The van der Waals surface area contributed by atoms with Crippen molar-refractivity contribution in [3.05, 3.63) is 29.8 Å². The van der Waals surface area contributed by atoms with Crippen LogP contribution >= 0.6 is 12.6 Å². The Hall–Kier alpha value is -6.01. The van der Waals surface area contributed by atoms with Gasteiger partial charge in [-0.3, -0.25) is 43.2 Å². The Morgan fingerprint density at radius 1 is 0.703 bits per heavy atom. The number of benzene rings is 1. The molecule has 0 bridgehead atoms. The number of carbonyl (C=O) groups excluding carboxylic acids is 9. The molecule has 9 atom stereocenters. The number of aromatic hydroxyl groups is 1. The molecule has 9 amide bonds. The van der Waals surface area contributed by atoms with Crippen LogP contribution in [-0.4, -0.2) is 146 Å². The van der Waals surface area contributed by atoms with Gasteiger partial charge in [0.25, 0.3) is 0 Å². The summed E-state index contributed by atoms with van der Waals surface area (Å²) in [4.78, 5) is 132. The van der Waals surface area contributed by atoms with Crippen molar-refractivity contribution in [1.82, 2.24) is 36.8 Å². The second-order valence-electron chi connectivity index (χ2n) is 16.4. The predicted molar refractivity (Wildman–Crippen MR) is 231 cm³/mol. The second-order valence-corrected chi connectivity index (χ2v) is 16.7. The van der Waals surface area contributed by atoms with Gasteiger partial charge in [0, 0.05) is 18.7 Å². The van der Waals surface area contributed by atoms with Crippen LogP contribution in [0.25, 0.3) is 0 Å². The van der Waals surface area contributed by atoms with E-state index in [1.165, 1.54) is 38.1 Å². The predicted octanol–water partition coefficient (Wildman–Crippen LogP) is -3.99. The molecular weight excluding hydrogens is 861 g/mol. The number of aliphatic hydroxyl groups is 1. The van der Waals surface area contributed by atoms with Crippen molar-refractivity contribution in [3.63, 3.8) is 0 Å². The Kier molecular flexibility index (Phi) is 21.4. The van der Waals surface area contributed by atoms with Crippen LogP contribution < -0.4 is 49.1 Å². The zero-order chi connectivity index (χ0) is 48.6. The maximum absolute atomic E-state index is 13.9. The maximum atomic E-state index is 13.9. The minimum Gasteiger partial charge on any atom is -0.508 e. The number of nitrogens with zero attached hydrogens (tertiary/aromatic N) is 1. The van der Waals surface area contributed by atoms with E-state index in [0.29, 0.717) is 12.0 Å². The highest BCUT2D eigenvalue weighted by atomic mass is 32.1. The largest absolute Gasteiger partial charge is 0.508 e. The minimum atomic E-state index is -1.75. The molecule has 64 heavy (non-hydrogen) atoms. The first kappa shape index (κ1) is 54.1. The standard InChI is InChI=1S/C40H62N10O13S/c1-18(2)13-24(46-38(60)32(20(5)51)49-37(59)31(19(3)4)48-36(58)26(16-30(43)54)44-33(55)23(41)17-64)34(56)45-25(15-29(42)53)35(57)47-27(14-21-8-10-22(52)11-9-21)39(61)50-12-6-7-28(50)40(62)63/h8-11,18-20,23-28,31-32,51-52,64H,6-7,12-17,41H2,1-5H3,(H2,42,53)(H2,43,54)(H,44,55)(H,45,56)(H,46,60)(H,47,57)(H,48,58)(H,49,59)(H,62,63)/t20-,23+,24+,25+,26+,27+,28+,31+,32+/m1/s1. The summed E-state index contributed by atoms with van der Waals surface area (Å²) in [5.41, 5.74) is 16.9. The summed E-state index contributed by atoms with van der Waals surface area (Å²) >= 11 is 3.94. The molecule has 1 aliphatic heterocycles. The molecule has 23 nitrogen and oxygen atoms in total. The van der Waals surface area contributed by atoms with E-state index in [4.69, 9.17) is 17.2 Å². The Morgan fingerprint density at radius 3 is 1.66 bits per heavy atom. The van der Waals surface area contributed by atoms with Gasteiger partial charge in [0.1, 0.15) is 48.0 Å². The fourth-order valence-corrected chi connectivity index (χ4v) is 6.85. The molecule has 0 unspecified atom stereocenters. The average Bonchev–Trinajstić information content (AvgIpc) is 3.71. The van der Waals surface area contributed by atoms with Gasteiger partial charge in [0.05, 0.1) is 25.0 Å². The topological polar surface area (TPSA) is 385 Å². The van der Waals surface area contributed by atoms with E-state index >= 15 is 0 Å². The number of hydrogen-bond acceptors (Lipinski definition) is 14. The first-order chi connectivity index (χ1) is 29.9. The molecule has 1 saturated heterocycles. The van der Waals surface area contributed by atoms with Gasteiger partial charge in [0.2, 0.25) is 53.2 Å².